The Balaban J connectivity index is 1.52. The van der Waals surface area contributed by atoms with Gasteiger partial charge in [0.05, 0.1) is 19.1 Å². The number of amides is 8. The molecular formula is C30H47N7O7. The molecule has 4 fully saturated rings. The molecular weight excluding hydrogens is 570 g/mol. The van der Waals surface area contributed by atoms with Gasteiger partial charge >= 0.3 is 12.1 Å². The number of ketones is 1. The summed E-state index contributed by atoms with van der Waals surface area (Å²) >= 11 is 0. The fraction of sp³-hybridized carbons (Fsp3) is 0.767. The second-order valence-corrected chi connectivity index (χ2v) is 15.4. The molecule has 2 aliphatic heterocycles. The van der Waals surface area contributed by atoms with Gasteiger partial charge in [0.25, 0.3) is 5.91 Å². The molecule has 1 unspecified atom stereocenters. The van der Waals surface area contributed by atoms with Gasteiger partial charge in [-0.2, -0.15) is 0 Å². The summed E-state index contributed by atoms with van der Waals surface area (Å²) in [6, 6.07) is -4.78. The van der Waals surface area contributed by atoms with Crippen LogP contribution in [-0.2, 0) is 24.0 Å². The Labute approximate surface area is 257 Å². The monoisotopic (exact) mass is 617 g/mol. The van der Waals surface area contributed by atoms with E-state index in [4.69, 9.17) is 5.73 Å². The first-order valence-electron chi connectivity index (χ1n) is 15.3. The fourth-order valence-electron chi connectivity index (χ4n) is 6.54. The second-order valence-electron chi connectivity index (χ2n) is 15.4. The maximum Gasteiger partial charge on any atom is 0.324 e. The van der Waals surface area contributed by atoms with Crippen LogP contribution in [0.5, 0.6) is 0 Å². The summed E-state index contributed by atoms with van der Waals surface area (Å²) < 4.78 is 0. The number of carbonyl (C=O) groups is 7. The molecule has 14 heteroatoms. The number of rotatable bonds is 10. The number of hydrogen-bond donors (Lipinski definition) is 5. The van der Waals surface area contributed by atoms with Crippen LogP contribution >= 0.6 is 0 Å². The minimum atomic E-state index is -1.11. The van der Waals surface area contributed by atoms with Gasteiger partial charge < -0.3 is 31.9 Å². The molecule has 0 bridgehead atoms. The molecule has 6 N–H and O–H groups in total. The van der Waals surface area contributed by atoms with Gasteiger partial charge in [0, 0.05) is 6.54 Å². The molecule has 44 heavy (non-hydrogen) atoms. The molecule has 0 aromatic carbocycles. The van der Waals surface area contributed by atoms with Crippen molar-refractivity contribution in [3.63, 3.8) is 0 Å². The summed E-state index contributed by atoms with van der Waals surface area (Å²) in [5.41, 5.74) is 3.73. The van der Waals surface area contributed by atoms with Crippen LogP contribution in [0.2, 0.25) is 0 Å². The van der Waals surface area contributed by atoms with E-state index < -0.39 is 76.5 Å². The zero-order chi connectivity index (χ0) is 33.1. The first kappa shape index (κ1) is 33.2. The van der Waals surface area contributed by atoms with E-state index in [1.54, 1.807) is 20.8 Å². The number of nitrogens with two attached hydrogens (primary N) is 1. The summed E-state index contributed by atoms with van der Waals surface area (Å²) in [6.45, 7) is 15.2. The molecule has 2 saturated carbocycles. The molecule has 2 saturated heterocycles. The van der Waals surface area contributed by atoms with E-state index in [0.717, 1.165) is 4.90 Å². The smallest absolute Gasteiger partial charge is 0.324 e. The Morgan fingerprint density at radius 1 is 0.977 bits per heavy atom. The van der Waals surface area contributed by atoms with Crippen molar-refractivity contribution in [2.75, 3.05) is 19.6 Å². The third-order valence-corrected chi connectivity index (χ3v) is 9.72. The highest BCUT2D eigenvalue weighted by atomic mass is 16.2. The van der Waals surface area contributed by atoms with Crippen LogP contribution in [0.25, 0.3) is 0 Å². The quantitative estimate of drug-likeness (QED) is 0.169. The summed E-state index contributed by atoms with van der Waals surface area (Å²) in [5, 5.41) is 10.9. The number of Topliss-reactive ketones (excluding diaryl/α,β-unsaturated/α-hetero) is 1. The number of likely N-dealkylation sites (tertiary alicyclic amines) is 1. The number of fused-ring (bicyclic) bond motifs is 1. The molecule has 2 heterocycles. The van der Waals surface area contributed by atoms with Gasteiger partial charge in [0.15, 0.2) is 0 Å². The van der Waals surface area contributed by atoms with E-state index in [-0.39, 0.29) is 36.3 Å². The molecule has 14 nitrogen and oxygen atoms in total. The lowest BCUT2D eigenvalue weighted by Crippen LogP contribution is -2.63. The molecule has 4 rings (SSSR count). The van der Waals surface area contributed by atoms with Crippen LogP contribution in [-0.4, -0.2) is 95.1 Å². The minimum absolute atomic E-state index is 0.0469. The predicted octanol–water partition coefficient (Wildman–Crippen LogP) is 0.0990. The summed E-state index contributed by atoms with van der Waals surface area (Å²) in [7, 11) is 0. The number of urea groups is 2. The van der Waals surface area contributed by atoms with Gasteiger partial charge in [-0.1, -0.05) is 55.4 Å². The maximum absolute atomic E-state index is 14.2. The Morgan fingerprint density at radius 2 is 1.59 bits per heavy atom. The standard InChI is InChI=1S/C30H47N7O7/c1-28(2,3)16(13-36-17(38)11-32-27(36)44)33-26(43)35-22(29(4,5)6)25(42)37-12-15-18(30(15,7)8)20(37)24(41)34-19(14-9-10-14)21(39)23(31)40/h14-16,18-20,22H,9-13H2,1-8H3,(H2,31,40)(H,32,44)(H,34,41)(H2,33,35,43)/t15-,16+,18-,19?,20-,22+/m0/s1. The zero-order valence-corrected chi connectivity index (χ0v) is 26.9. The maximum atomic E-state index is 14.2. The van der Waals surface area contributed by atoms with Crippen molar-refractivity contribution in [3.05, 3.63) is 0 Å². The van der Waals surface area contributed by atoms with Crippen LogP contribution in [0, 0.1) is 34.0 Å². The van der Waals surface area contributed by atoms with Crippen molar-refractivity contribution in [2.45, 2.75) is 92.4 Å². The van der Waals surface area contributed by atoms with Crippen molar-refractivity contribution in [1.29, 1.82) is 0 Å². The molecule has 0 aromatic rings. The number of primary amides is 1. The average Bonchev–Trinajstić information content (AvgIpc) is 3.73. The highest BCUT2D eigenvalue weighted by Gasteiger charge is 2.70. The minimum Gasteiger partial charge on any atom is -0.363 e. The van der Waals surface area contributed by atoms with Gasteiger partial charge in [-0.25, -0.2) is 9.59 Å². The van der Waals surface area contributed by atoms with Gasteiger partial charge in [0.2, 0.25) is 23.5 Å². The van der Waals surface area contributed by atoms with Crippen LogP contribution in [0.1, 0.15) is 68.2 Å². The van der Waals surface area contributed by atoms with Crippen LogP contribution < -0.4 is 27.0 Å². The summed E-state index contributed by atoms with van der Waals surface area (Å²) in [6.07, 6.45) is 1.37. The molecule has 6 atom stereocenters. The third kappa shape index (κ3) is 6.53. The zero-order valence-electron chi connectivity index (χ0n) is 26.9. The molecule has 0 aromatic heterocycles. The number of carbonyl (C=O) groups excluding carboxylic acids is 7. The highest BCUT2D eigenvalue weighted by molar-refractivity contribution is 6.38. The van der Waals surface area contributed by atoms with E-state index >= 15 is 0 Å². The largest absolute Gasteiger partial charge is 0.363 e. The Bertz CT molecular complexity index is 1250. The Hall–Kier alpha value is -3.71. The SMILES string of the molecule is CC(C)(C)[C@H](NC(=O)N[C@H](CN1C(=O)CNC1=O)C(C)(C)C)C(=O)N1C[C@H]2[C@@H]([C@H]1C(=O)NC(C(=O)C(N)=O)C1CC1)C2(C)C. The Kier molecular flexibility index (Phi) is 8.55. The molecule has 244 valence electrons. The van der Waals surface area contributed by atoms with Crippen LogP contribution in [0.4, 0.5) is 9.59 Å². The third-order valence-electron chi connectivity index (χ3n) is 9.72. The number of imide groups is 1. The molecule has 8 amide bonds. The number of piperidine rings is 1. The van der Waals surface area contributed by atoms with Crippen molar-refractivity contribution < 1.29 is 33.6 Å². The summed E-state index contributed by atoms with van der Waals surface area (Å²) in [5.74, 6) is -3.58. The van der Waals surface area contributed by atoms with E-state index in [2.05, 4.69) is 21.3 Å². The predicted molar refractivity (Wildman–Crippen MR) is 158 cm³/mol. The average molecular weight is 618 g/mol. The first-order chi connectivity index (χ1) is 20.2. The van der Waals surface area contributed by atoms with E-state index in [0.29, 0.717) is 19.4 Å². The lowest BCUT2D eigenvalue weighted by Gasteiger charge is -2.39. The highest BCUT2D eigenvalue weighted by Crippen LogP contribution is 2.65. The van der Waals surface area contributed by atoms with E-state index in [9.17, 15) is 33.6 Å². The van der Waals surface area contributed by atoms with Gasteiger partial charge in [-0.05, 0) is 46.8 Å². The van der Waals surface area contributed by atoms with Crippen LogP contribution in [0.15, 0.2) is 0 Å². The molecule has 2 aliphatic carbocycles. The topological polar surface area (TPSA) is 200 Å². The number of nitrogens with zero attached hydrogens (tertiary/aromatic N) is 2. The van der Waals surface area contributed by atoms with Gasteiger partial charge in [-0.3, -0.25) is 28.9 Å². The van der Waals surface area contributed by atoms with Crippen molar-refractivity contribution in [2.24, 2.45) is 39.7 Å². The van der Waals surface area contributed by atoms with Crippen molar-refractivity contribution in [1.82, 2.24) is 31.1 Å². The second kappa shape index (κ2) is 11.3. The van der Waals surface area contributed by atoms with Crippen molar-refractivity contribution in [3.8, 4) is 0 Å². The van der Waals surface area contributed by atoms with E-state index in [1.807, 2.05) is 34.6 Å². The number of hydrogen-bond acceptors (Lipinski definition) is 7. The van der Waals surface area contributed by atoms with Gasteiger partial charge in [0.1, 0.15) is 18.1 Å². The van der Waals surface area contributed by atoms with Crippen LogP contribution in [0.3, 0.4) is 0 Å². The summed E-state index contributed by atoms with van der Waals surface area (Å²) in [4.78, 5) is 92.4. The lowest BCUT2D eigenvalue weighted by atomic mass is 9.85. The molecule has 0 radical (unpaired) electrons. The molecule has 0 spiro atoms. The van der Waals surface area contributed by atoms with Crippen molar-refractivity contribution >= 4 is 41.5 Å². The normalized spacial score (nSPS) is 26.2. The Morgan fingerprint density at radius 3 is 2.07 bits per heavy atom. The van der Waals surface area contributed by atoms with E-state index in [1.165, 1.54) is 4.90 Å². The fourth-order valence-corrected chi connectivity index (χ4v) is 6.54. The number of nitrogens with one attached hydrogen (secondary N) is 4. The first-order valence-corrected chi connectivity index (χ1v) is 15.3. The lowest BCUT2D eigenvalue weighted by molar-refractivity contribution is -0.145. The van der Waals surface area contributed by atoms with Gasteiger partial charge in [-0.15, -0.1) is 0 Å². The molecule has 4 aliphatic rings.